The summed E-state index contributed by atoms with van der Waals surface area (Å²) in [6.45, 7) is 0. The molecule has 0 spiro atoms. The molecule has 0 atom stereocenters. The molecule has 0 radical (unpaired) electrons. The summed E-state index contributed by atoms with van der Waals surface area (Å²) in [6, 6.07) is 10.1. The highest BCUT2D eigenvalue weighted by atomic mass is 127. The van der Waals surface area contributed by atoms with Gasteiger partial charge < -0.3 is 0 Å². The molecule has 0 aliphatic heterocycles. The molecule has 2 aromatic carbocycles. The average molecular weight is 498 g/mol. The van der Waals surface area contributed by atoms with Crippen molar-refractivity contribution >= 4 is 22.6 Å². The number of alkyl halides is 1. The van der Waals surface area contributed by atoms with E-state index in [0.29, 0.717) is 17.0 Å². The van der Waals surface area contributed by atoms with E-state index in [1.165, 1.54) is 56.9 Å². The number of benzene rings is 2. The van der Waals surface area contributed by atoms with Crippen molar-refractivity contribution in [3.05, 3.63) is 59.4 Å². The van der Waals surface area contributed by atoms with E-state index in [1.54, 1.807) is 0 Å². The van der Waals surface area contributed by atoms with Crippen LogP contribution < -0.4 is 0 Å². The first-order valence-corrected chi connectivity index (χ1v) is 11.6. The summed E-state index contributed by atoms with van der Waals surface area (Å²) in [4.78, 5) is 0. The van der Waals surface area contributed by atoms with Crippen LogP contribution in [-0.4, -0.2) is 3.92 Å². The van der Waals surface area contributed by atoms with E-state index in [0.717, 1.165) is 27.9 Å². The maximum absolute atomic E-state index is 13.5. The molecule has 4 rings (SSSR count). The van der Waals surface area contributed by atoms with Gasteiger partial charge in [-0.25, -0.2) is 13.2 Å². The van der Waals surface area contributed by atoms with Crippen molar-refractivity contribution in [2.75, 3.05) is 0 Å². The lowest BCUT2D eigenvalue weighted by molar-refractivity contribution is 0.190. The van der Waals surface area contributed by atoms with Crippen LogP contribution in [-0.2, 0) is 0 Å². The first-order chi connectivity index (χ1) is 13.5. The summed E-state index contributed by atoms with van der Waals surface area (Å²) >= 11 is 2.60. The fourth-order valence-electron chi connectivity index (χ4n) is 5.14. The van der Waals surface area contributed by atoms with Crippen LogP contribution in [0.3, 0.4) is 0 Å². The molecule has 0 heterocycles. The fraction of sp³-hybridized carbons (Fsp3) is 0.500. The molecule has 0 bridgehead atoms. The maximum atomic E-state index is 13.5. The Morgan fingerprint density at radius 3 is 1.68 bits per heavy atom. The summed E-state index contributed by atoms with van der Waals surface area (Å²) in [5, 5.41) is 0. The second-order valence-electron chi connectivity index (χ2n) is 8.50. The molecule has 2 saturated carbocycles. The lowest BCUT2D eigenvalue weighted by Gasteiger charge is -2.37. The van der Waals surface area contributed by atoms with Crippen molar-refractivity contribution in [2.45, 2.75) is 61.2 Å². The van der Waals surface area contributed by atoms with Crippen LogP contribution in [0, 0.1) is 29.3 Å². The standard InChI is InChI=1S/C24H26F3I/c25-22-13-20(14-23(26)24(22)27)19-7-5-16(6-8-19)15-1-3-17(4-2-15)18-9-11-21(28)12-10-18/h5-8,13-15,17-18,21H,1-4,9-12H2. The van der Waals surface area contributed by atoms with Crippen molar-refractivity contribution in [2.24, 2.45) is 11.8 Å². The molecule has 0 amide bonds. The van der Waals surface area contributed by atoms with E-state index in [9.17, 15) is 13.2 Å². The number of halogens is 4. The minimum atomic E-state index is -1.41. The van der Waals surface area contributed by atoms with E-state index >= 15 is 0 Å². The second-order valence-corrected chi connectivity index (χ2v) is 10.3. The number of rotatable bonds is 3. The van der Waals surface area contributed by atoms with Crippen molar-refractivity contribution in [1.82, 2.24) is 0 Å². The van der Waals surface area contributed by atoms with Gasteiger partial charge in [0, 0.05) is 3.92 Å². The van der Waals surface area contributed by atoms with Gasteiger partial charge in [-0.15, -0.1) is 0 Å². The van der Waals surface area contributed by atoms with Crippen molar-refractivity contribution in [3.8, 4) is 11.1 Å². The van der Waals surface area contributed by atoms with Crippen LogP contribution in [0.4, 0.5) is 13.2 Å². The van der Waals surface area contributed by atoms with Crippen LogP contribution in [0.25, 0.3) is 11.1 Å². The largest absolute Gasteiger partial charge is 0.204 e. The van der Waals surface area contributed by atoms with Crippen LogP contribution in [0.2, 0.25) is 0 Å². The Kier molecular flexibility index (Phi) is 6.34. The molecule has 2 aromatic rings. The Hall–Kier alpha value is -1.04. The summed E-state index contributed by atoms with van der Waals surface area (Å²) in [7, 11) is 0. The predicted octanol–water partition coefficient (Wildman–Crippen LogP) is 8.04. The number of hydrogen-bond acceptors (Lipinski definition) is 0. The van der Waals surface area contributed by atoms with Crippen LogP contribution in [0.5, 0.6) is 0 Å². The molecule has 28 heavy (non-hydrogen) atoms. The Labute approximate surface area is 179 Å². The van der Waals surface area contributed by atoms with Crippen LogP contribution in [0.15, 0.2) is 36.4 Å². The highest BCUT2D eigenvalue weighted by Gasteiger charge is 2.30. The molecular weight excluding hydrogens is 472 g/mol. The lowest BCUT2D eigenvalue weighted by atomic mass is 9.70. The molecule has 2 fully saturated rings. The van der Waals surface area contributed by atoms with Gasteiger partial charge in [0.2, 0.25) is 0 Å². The van der Waals surface area contributed by atoms with Gasteiger partial charge in [-0.3, -0.25) is 0 Å². The van der Waals surface area contributed by atoms with E-state index < -0.39 is 17.5 Å². The Bertz CT molecular complexity index is 778. The Balaban J connectivity index is 1.39. The van der Waals surface area contributed by atoms with Crippen molar-refractivity contribution in [1.29, 1.82) is 0 Å². The highest BCUT2D eigenvalue weighted by molar-refractivity contribution is 14.1. The molecule has 0 N–H and O–H groups in total. The van der Waals surface area contributed by atoms with Crippen molar-refractivity contribution < 1.29 is 13.2 Å². The Morgan fingerprint density at radius 1 is 0.643 bits per heavy atom. The minimum Gasteiger partial charge on any atom is -0.204 e. The lowest BCUT2D eigenvalue weighted by Crippen LogP contribution is -2.25. The van der Waals surface area contributed by atoms with Gasteiger partial charge in [0.25, 0.3) is 0 Å². The van der Waals surface area contributed by atoms with Gasteiger partial charge in [0.15, 0.2) is 17.5 Å². The molecule has 2 aliphatic carbocycles. The monoisotopic (exact) mass is 498 g/mol. The molecule has 0 nitrogen and oxygen atoms in total. The second kappa shape index (κ2) is 8.76. The first kappa shape index (κ1) is 20.2. The number of hydrogen-bond donors (Lipinski definition) is 0. The molecule has 0 aromatic heterocycles. The molecule has 4 heteroatoms. The SMILES string of the molecule is Fc1cc(-c2ccc(C3CCC(C4CCC(I)CC4)CC3)cc2)cc(F)c1F. The summed E-state index contributed by atoms with van der Waals surface area (Å²) in [6.07, 6.45) is 10.7. The zero-order valence-electron chi connectivity index (χ0n) is 15.9. The highest BCUT2D eigenvalue weighted by Crippen LogP contribution is 2.44. The quantitative estimate of drug-likeness (QED) is 0.228. The van der Waals surface area contributed by atoms with Gasteiger partial charge in [-0.2, -0.15) is 0 Å². The zero-order valence-corrected chi connectivity index (χ0v) is 18.1. The van der Waals surface area contributed by atoms with Crippen LogP contribution in [0.1, 0.15) is 62.8 Å². The Morgan fingerprint density at radius 2 is 1.14 bits per heavy atom. The van der Waals surface area contributed by atoms with Gasteiger partial charge in [-0.1, -0.05) is 46.9 Å². The van der Waals surface area contributed by atoms with Crippen LogP contribution >= 0.6 is 22.6 Å². The third kappa shape index (κ3) is 4.42. The first-order valence-electron chi connectivity index (χ1n) is 10.4. The fourth-order valence-corrected chi connectivity index (χ4v) is 5.86. The topological polar surface area (TPSA) is 0 Å². The van der Waals surface area contributed by atoms with E-state index in [2.05, 4.69) is 34.7 Å². The minimum absolute atomic E-state index is 0.373. The molecule has 0 unspecified atom stereocenters. The van der Waals surface area contributed by atoms with E-state index in [-0.39, 0.29) is 0 Å². The summed E-state index contributed by atoms with van der Waals surface area (Å²) < 4.78 is 41.0. The molecular formula is C24H26F3I. The normalized spacial score (nSPS) is 28.3. The summed E-state index contributed by atoms with van der Waals surface area (Å²) in [5.74, 6) is -1.30. The summed E-state index contributed by atoms with van der Waals surface area (Å²) in [5.41, 5.74) is 2.39. The average Bonchev–Trinajstić information content (AvgIpc) is 2.72. The predicted molar refractivity (Wildman–Crippen MR) is 116 cm³/mol. The van der Waals surface area contributed by atoms with Crippen molar-refractivity contribution in [3.63, 3.8) is 0 Å². The van der Waals surface area contributed by atoms with E-state index in [1.807, 2.05) is 12.1 Å². The van der Waals surface area contributed by atoms with Gasteiger partial charge in [0.05, 0.1) is 0 Å². The third-order valence-electron chi connectivity index (χ3n) is 6.84. The molecule has 0 saturated heterocycles. The zero-order chi connectivity index (χ0) is 19.7. The smallest absolute Gasteiger partial charge is 0.194 e. The van der Waals surface area contributed by atoms with Gasteiger partial charge in [-0.05, 0) is 97.9 Å². The molecule has 150 valence electrons. The van der Waals surface area contributed by atoms with Gasteiger partial charge in [0.1, 0.15) is 0 Å². The third-order valence-corrected chi connectivity index (χ3v) is 8.08. The molecule has 2 aliphatic rings. The van der Waals surface area contributed by atoms with Gasteiger partial charge >= 0.3 is 0 Å². The van der Waals surface area contributed by atoms with E-state index in [4.69, 9.17) is 0 Å². The maximum Gasteiger partial charge on any atom is 0.194 e.